The molecule has 0 radical (unpaired) electrons. The lowest BCUT2D eigenvalue weighted by Gasteiger charge is -2.37. The van der Waals surface area contributed by atoms with Crippen LogP contribution in [0.15, 0.2) is 108 Å². The first-order chi connectivity index (χ1) is 25.4. The van der Waals surface area contributed by atoms with E-state index in [0.29, 0.717) is 19.0 Å². The Kier molecular flexibility index (Phi) is 10.5. The van der Waals surface area contributed by atoms with Crippen molar-refractivity contribution < 1.29 is 24.4 Å². The van der Waals surface area contributed by atoms with E-state index in [-0.39, 0.29) is 29.1 Å². The minimum Gasteiger partial charge on any atom is -0.481 e. The lowest BCUT2D eigenvalue weighted by atomic mass is 9.67. The molecule has 6 rings (SSSR count). The Bertz CT molecular complexity index is 2140. The van der Waals surface area contributed by atoms with Gasteiger partial charge < -0.3 is 15.1 Å². The summed E-state index contributed by atoms with van der Waals surface area (Å²) in [6.07, 6.45) is 11.0. The van der Waals surface area contributed by atoms with Gasteiger partial charge in [0.15, 0.2) is 12.3 Å². The number of nitrogens with zero attached hydrogens (tertiary/aromatic N) is 2. The van der Waals surface area contributed by atoms with Crippen molar-refractivity contribution in [3.05, 3.63) is 136 Å². The van der Waals surface area contributed by atoms with Gasteiger partial charge in [-0.05, 0) is 97.9 Å². The van der Waals surface area contributed by atoms with Crippen LogP contribution in [0.2, 0.25) is 0 Å². The number of hydrogen-bond acceptors (Lipinski definition) is 3. The van der Waals surface area contributed by atoms with Crippen molar-refractivity contribution in [2.75, 3.05) is 18.0 Å². The van der Waals surface area contributed by atoms with E-state index in [1.807, 2.05) is 0 Å². The average molecular weight is 726 g/mol. The molecule has 54 heavy (non-hydrogen) atoms. The molecule has 3 aliphatic rings. The summed E-state index contributed by atoms with van der Waals surface area (Å²) in [6.45, 7) is 21.0. The minimum absolute atomic E-state index is 0.0442. The van der Waals surface area contributed by atoms with E-state index in [0.717, 1.165) is 35.6 Å². The van der Waals surface area contributed by atoms with E-state index in [1.165, 1.54) is 44.5 Å². The van der Waals surface area contributed by atoms with E-state index in [1.54, 1.807) is 0 Å². The average Bonchev–Trinajstić information content (AvgIpc) is 3.44. The number of carboxylic acid groups (broad SMARTS) is 2. The van der Waals surface area contributed by atoms with Gasteiger partial charge in [-0.3, -0.25) is 9.59 Å². The summed E-state index contributed by atoms with van der Waals surface area (Å²) in [5.41, 5.74) is 13.5. The van der Waals surface area contributed by atoms with Crippen molar-refractivity contribution >= 4 is 34.6 Å². The molecule has 0 amide bonds. The number of rotatable bonds is 10. The highest BCUT2D eigenvalue weighted by molar-refractivity contribution is 6.03. The summed E-state index contributed by atoms with van der Waals surface area (Å²) in [6, 6.07) is 23.6. The van der Waals surface area contributed by atoms with Crippen LogP contribution in [0.1, 0.15) is 102 Å². The number of aryl methyl sites for hydroxylation is 2. The lowest BCUT2D eigenvalue weighted by molar-refractivity contribution is -0.436. The van der Waals surface area contributed by atoms with E-state index in [2.05, 4.69) is 163 Å². The second-order valence-corrected chi connectivity index (χ2v) is 17.6. The molecule has 0 saturated heterocycles. The van der Waals surface area contributed by atoms with Crippen molar-refractivity contribution in [1.29, 1.82) is 0 Å². The molecule has 1 aliphatic carbocycles. The molecule has 282 valence electrons. The van der Waals surface area contributed by atoms with Gasteiger partial charge in [0, 0.05) is 41.1 Å². The molecule has 1 atom stereocenters. The zero-order chi connectivity index (χ0) is 39.2. The third-order valence-corrected chi connectivity index (χ3v) is 11.9. The summed E-state index contributed by atoms with van der Waals surface area (Å²) in [4.78, 5) is 25.9. The van der Waals surface area contributed by atoms with Crippen LogP contribution in [0, 0.1) is 25.2 Å². The monoisotopic (exact) mass is 725 g/mol. The maximum Gasteiger partial charge on any atom is 0.309 e. The predicted molar refractivity (Wildman–Crippen MR) is 221 cm³/mol. The fourth-order valence-electron chi connectivity index (χ4n) is 8.74. The van der Waals surface area contributed by atoms with E-state index < -0.39 is 11.9 Å². The first kappa shape index (κ1) is 38.7. The molecule has 2 N–H and O–H groups in total. The van der Waals surface area contributed by atoms with Crippen molar-refractivity contribution in [2.45, 2.75) is 98.8 Å². The second-order valence-electron chi connectivity index (χ2n) is 17.6. The number of carboxylic acids is 2. The largest absolute Gasteiger partial charge is 0.481 e. The minimum atomic E-state index is -0.805. The van der Waals surface area contributed by atoms with Crippen LogP contribution in [0.3, 0.4) is 0 Å². The van der Waals surface area contributed by atoms with Crippen molar-refractivity contribution in [1.82, 2.24) is 0 Å². The molecule has 0 bridgehead atoms. The quantitative estimate of drug-likeness (QED) is 0.203. The van der Waals surface area contributed by atoms with E-state index in [4.69, 9.17) is 0 Å². The number of benzene rings is 3. The SMILES string of the molecule is Cc1ccc2c(c1)C(C)(C)C(=CC=C1CC(C(C)(C)C)CC(C=CC3=[N+](CCC(=O)O)c4ccc(C)cc4C3(C)C)=C1c1ccccc1)N2CCC(=O)O. The number of anilines is 1. The Labute approximate surface area is 321 Å². The molecule has 2 aliphatic heterocycles. The lowest BCUT2D eigenvalue weighted by Crippen LogP contribution is -2.29. The smallest absolute Gasteiger partial charge is 0.309 e. The Morgan fingerprint density at radius 1 is 0.815 bits per heavy atom. The van der Waals surface area contributed by atoms with Crippen LogP contribution < -0.4 is 4.90 Å². The third kappa shape index (κ3) is 7.53. The maximum absolute atomic E-state index is 11.8. The van der Waals surface area contributed by atoms with Crippen LogP contribution in [-0.2, 0) is 20.4 Å². The summed E-state index contributed by atoms with van der Waals surface area (Å²) in [5, 5.41) is 19.4. The molecule has 1 unspecified atom stereocenters. The van der Waals surface area contributed by atoms with Gasteiger partial charge in [0.1, 0.15) is 6.42 Å². The van der Waals surface area contributed by atoms with Crippen molar-refractivity contribution in [3.63, 3.8) is 0 Å². The summed E-state index contributed by atoms with van der Waals surface area (Å²) < 4.78 is 2.21. The molecule has 2 heterocycles. The molecule has 0 spiro atoms. The Balaban J connectivity index is 1.54. The van der Waals surface area contributed by atoms with Crippen LogP contribution in [0.25, 0.3) is 5.57 Å². The molecule has 3 aromatic carbocycles. The highest BCUT2D eigenvalue weighted by Gasteiger charge is 2.45. The molecule has 0 saturated carbocycles. The number of allylic oxidation sites excluding steroid dienone is 8. The maximum atomic E-state index is 11.8. The van der Waals surface area contributed by atoms with Gasteiger partial charge in [0.05, 0.1) is 11.8 Å². The third-order valence-electron chi connectivity index (χ3n) is 11.9. The fourth-order valence-corrected chi connectivity index (χ4v) is 8.74. The summed E-state index contributed by atoms with van der Waals surface area (Å²) in [7, 11) is 0. The number of aliphatic carboxylic acids is 2. The highest BCUT2D eigenvalue weighted by atomic mass is 16.4. The zero-order valence-electron chi connectivity index (χ0n) is 33.6. The van der Waals surface area contributed by atoms with Gasteiger partial charge >= 0.3 is 11.9 Å². The molecule has 0 fully saturated rings. The fraction of sp³-hybridized carbons (Fsp3) is 0.396. The van der Waals surface area contributed by atoms with Gasteiger partial charge in [-0.1, -0.05) is 106 Å². The van der Waals surface area contributed by atoms with Gasteiger partial charge in [0.2, 0.25) is 5.69 Å². The van der Waals surface area contributed by atoms with E-state index in [9.17, 15) is 19.8 Å². The molecule has 6 nitrogen and oxygen atoms in total. The van der Waals surface area contributed by atoms with Gasteiger partial charge in [0.25, 0.3) is 0 Å². The second kappa shape index (κ2) is 14.7. The number of fused-ring (bicyclic) bond motifs is 2. The summed E-state index contributed by atoms with van der Waals surface area (Å²) in [5.74, 6) is -1.24. The molecule has 3 aromatic rings. The summed E-state index contributed by atoms with van der Waals surface area (Å²) >= 11 is 0. The molecular weight excluding hydrogens is 669 g/mol. The van der Waals surface area contributed by atoms with Crippen LogP contribution in [0.5, 0.6) is 0 Å². The first-order valence-corrected chi connectivity index (χ1v) is 19.4. The number of carbonyl (C=O) groups is 2. The van der Waals surface area contributed by atoms with Gasteiger partial charge in [-0.25, -0.2) is 0 Å². The molecule has 6 heteroatoms. The van der Waals surface area contributed by atoms with Crippen LogP contribution >= 0.6 is 0 Å². The topological polar surface area (TPSA) is 80.9 Å². The Hall–Kier alpha value is -4.97. The van der Waals surface area contributed by atoms with Crippen molar-refractivity contribution in [2.24, 2.45) is 11.3 Å². The first-order valence-electron chi connectivity index (χ1n) is 19.4. The van der Waals surface area contributed by atoms with Crippen LogP contribution in [-0.4, -0.2) is 45.5 Å². The molecule has 0 aromatic heterocycles. The van der Waals surface area contributed by atoms with Crippen LogP contribution in [0.4, 0.5) is 11.4 Å². The predicted octanol–water partition coefficient (Wildman–Crippen LogP) is 10.7. The highest BCUT2D eigenvalue weighted by Crippen LogP contribution is 2.50. The zero-order valence-corrected chi connectivity index (χ0v) is 33.6. The number of hydrogen-bond donors (Lipinski definition) is 2. The standard InChI is InChI=1S/C48H56N2O4/c1-31-15-19-39-37(27-31)47(6,7)41(49(39)25-23-43(51)52)21-17-34-29-36(46(3,4)5)30-35(45(34)33-13-11-10-12-14-33)18-22-42-48(8,9)38-28-32(2)16-20-40(38)50(42)26-24-44(53)54/h10-22,27-28,36H,23-26,29-30H2,1-9H3,(H-,51,52,53,54)/p+1. The Morgan fingerprint density at radius 3 is 2.11 bits per heavy atom. The Morgan fingerprint density at radius 2 is 1.46 bits per heavy atom. The normalized spacial score (nSPS) is 20.7. The van der Waals surface area contributed by atoms with Gasteiger partial charge in [-0.15, -0.1) is 0 Å². The van der Waals surface area contributed by atoms with E-state index >= 15 is 0 Å². The van der Waals surface area contributed by atoms with Gasteiger partial charge in [-0.2, -0.15) is 4.58 Å². The van der Waals surface area contributed by atoms with Crippen molar-refractivity contribution in [3.8, 4) is 0 Å². The molecular formula is C48H57N2O4+.